The van der Waals surface area contributed by atoms with Gasteiger partial charge in [-0.2, -0.15) is 8.75 Å². The molecule has 0 bridgehead atoms. The quantitative estimate of drug-likeness (QED) is 0.595. The van der Waals surface area contributed by atoms with Gasteiger partial charge in [0.05, 0.1) is 21.8 Å². The number of aldehydes is 1. The van der Waals surface area contributed by atoms with Crippen LogP contribution in [0.15, 0.2) is 4.47 Å². The van der Waals surface area contributed by atoms with Crippen molar-refractivity contribution in [1.82, 2.24) is 8.75 Å². The van der Waals surface area contributed by atoms with Crippen molar-refractivity contribution in [2.45, 2.75) is 0 Å². The molecule has 2 rings (SSSR count). The molecule has 0 amide bonds. The van der Waals surface area contributed by atoms with Gasteiger partial charge in [-0.15, -0.1) is 0 Å². The van der Waals surface area contributed by atoms with Gasteiger partial charge in [0.25, 0.3) is 0 Å². The van der Waals surface area contributed by atoms with Crippen molar-refractivity contribution in [2.24, 2.45) is 0 Å². The first kappa shape index (κ1) is 9.60. The molecule has 72 valence electrons. The molecule has 0 fully saturated rings. The highest BCUT2D eigenvalue weighted by atomic mass is 79.9. The fraction of sp³-hybridized carbons (Fsp3) is 0. The van der Waals surface area contributed by atoms with Crippen LogP contribution >= 0.6 is 27.7 Å². The summed E-state index contributed by atoms with van der Waals surface area (Å²) in [4.78, 5) is 10.5. The highest BCUT2D eigenvalue weighted by Crippen LogP contribution is 2.30. The zero-order valence-electron chi connectivity index (χ0n) is 6.42. The molecule has 3 nitrogen and oxygen atoms in total. The summed E-state index contributed by atoms with van der Waals surface area (Å²) in [6, 6.07) is 0. The minimum absolute atomic E-state index is 0.0794. The summed E-state index contributed by atoms with van der Waals surface area (Å²) in [6.45, 7) is 0. The van der Waals surface area contributed by atoms with E-state index in [9.17, 15) is 13.6 Å². The standard InChI is InChI=1S/C7HBrF2N2OS/c8-3-5(10)4(9)2(1-13)6-7(3)12-14-11-6/h1H. The Hall–Kier alpha value is -0.950. The van der Waals surface area contributed by atoms with E-state index >= 15 is 0 Å². The van der Waals surface area contributed by atoms with E-state index in [4.69, 9.17) is 0 Å². The average Bonchev–Trinajstić information content (AvgIpc) is 2.64. The van der Waals surface area contributed by atoms with Crippen molar-refractivity contribution in [1.29, 1.82) is 0 Å². The smallest absolute Gasteiger partial charge is 0.176 e. The van der Waals surface area contributed by atoms with Gasteiger partial charge in [-0.1, -0.05) is 0 Å². The molecule has 1 aromatic carbocycles. The molecular formula is C7HBrF2N2OS. The molecule has 0 aliphatic rings. The van der Waals surface area contributed by atoms with Crippen LogP contribution in [0, 0.1) is 11.6 Å². The minimum Gasteiger partial charge on any atom is -0.298 e. The molecule has 0 saturated carbocycles. The number of hydrogen-bond acceptors (Lipinski definition) is 4. The average molecular weight is 279 g/mol. The lowest BCUT2D eigenvalue weighted by Crippen LogP contribution is -1.96. The van der Waals surface area contributed by atoms with Crippen molar-refractivity contribution in [3.05, 3.63) is 21.7 Å². The number of benzene rings is 1. The predicted octanol–water partition coefficient (Wildman–Crippen LogP) is 2.54. The second kappa shape index (κ2) is 3.32. The van der Waals surface area contributed by atoms with Gasteiger partial charge in [-0.25, -0.2) is 8.78 Å². The maximum absolute atomic E-state index is 13.2. The predicted molar refractivity (Wildman–Crippen MR) is 50.4 cm³/mol. The molecule has 14 heavy (non-hydrogen) atoms. The molecule has 2 aromatic rings. The molecule has 0 saturated heterocycles. The Balaban J connectivity index is 3.02. The summed E-state index contributed by atoms with van der Waals surface area (Å²) in [5, 5.41) is 0. The lowest BCUT2D eigenvalue weighted by Gasteiger charge is -1.99. The van der Waals surface area contributed by atoms with Crippen molar-refractivity contribution >= 4 is 45.0 Å². The molecule has 0 spiro atoms. The van der Waals surface area contributed by atoms with Crippen molar-refractivity contribution in [3.63, 3.8) is 0 Å². The third kappa shape index (κ3) is 1.16. The first-order chi connectivity index (χ1) is 6.66. The number of rotatable bonds is 1. The third-order valence-electron chi connectivity index (χ3n) is 1.69. The summed E-state index contributed by atoms with van der Waals surface area (Å²) in [5.74, 6) is -2.32. The molecule has 0 radical (unpaired) electrons. The molecule has 1 aromatic heterocycles. The Kier molecular flexibility index (Phi) is 2.28. The van der Waals surface area contributed by atoms with E-state index < -0.39 is 17.2 Å². The summed E-state index contributed by atoms with van der Waals surface area (Å²) in [7, 11) is 0. The van der Waals surface area contributed by atoms with Crippen molar-refractivity contribution < 1.29 is 13.6 Å². The largest absolute Gasteiger partial charge is 0.298 e. The monoisotopic (exact) mass is 278 g/mol. The highest BCUT2D eigenvalue weighted by Gasteiger charge is 2.20. The van der Waals surface area contributed by atoms with Crippen LogP contribution in [0.2, 0.25) is 0 Å². The number of nitrogens with zero attached hydrogens (tertiary/aromatic N) is 2. The second-order valence-electron chi connectivity index (χ2n) is 2.43. The summed E-state index contributed by atoms with van der Waals surface area (Å²) in [6.07, 6.45) is 0.231. The van der Waals surface area contributed by atoms with E-state index in [0.29, 0.717) is 0 Å². The Labute approximate surface area is 89.2 Å². The SMILES string of the molecule is O=Cc1c(F)c(F)c(Br)c2nsnc12. The van der Waals surface area contributed by atoms with Crippen LogP contribution in [-0.2, 0) is 0 Å². The number of halogens is 3. The topological polar surface area (TPSA) is 42.9 Å². The number of hydrogen-bond donors (Lipinski definition) is 0. The fourth-order valence-electron chi connectivity index (χ4n) is 1.04. The van der Waals surface area contributed by atoms with Crippen LogP contribution in [0.1, 0.15) is 10.4 Å². The van der Waals surface area contributed by atoms with E-state index in [0.717, 1.165) is 11.7 Å². The van der Waals surface area contributed by atoms with Crippen LogP contribution < -0.4 is 0 Å². The normalized spacial score (nSPS) is 10.8. The van der Waals surface area contributed by atoms with Gasteiger partial charge in [0.1, 0.15) is 11.0 Å². The van der Waals surface area contributed by atoms with Gasteiger partial charge in [0, 0.05) is 0 Å². The van der Waals surface area contributed by atoms with Gasteiger partial charge >= 0.3 is 0 Å². The number of carbonyl (C=O) groups excluding carboxylic acids is 1. The molecule has 1 heterocycles. The van der Waals surface area contributed by atoms with Gasteiger partial charge in [-0.05, 0) is 15.9 Å². The van der Waals surface area contributed by atoms with E-state index in [1.54, 1.807) is 0 Å². The second-order valence-corrected chi connectivity index (χ2v) is 3.76. The van der Waals surface area contributed by atoms with E-state index in [2.05, 4.69) is 24.7 Å². The maximum Gasteiger partial charge on any atom is 0.176 e. The van der Waals surface area contributed by atoms with Crippen molar-refractivity contribution in [3.8, 4) is 0 Å². The Bertz CT molecular complexity index is 528. The molecule has 0 atom stereocenters. The van der Waals surface area contributed by atoms with Gasteiger partial charge in [0.2, 0.25) is 0 Å². The van der Waals surface area contributed by atoms with Crippen LogP contribution in [0.5, 0.6) is 0 Å². The van der Waals surface area contributed by atoms with E-state index in [1.165, 1.54) is 0 Å². The molecular weight excluding hydrogens is 278 g/mol. The van der Waals surface area contributed by atoms with Crippen LogP contribution in [-0.4, -0.2) is 15.0 Å². The summed E-state index contributed by atoms with van der Waals surface area (Å²) in [5.41, 5.74) is -0.152. The molecule has 0 aliphatic heterocycles. The van der Waals surface area contributed by atoms with Gasteiger partial charge in [-0.3, -0.25) is 4.79 Å². The molecule has 0 N–H and O–H groups in total. The van der Waals surface area contributed by atoms with Gasteiger partial charge in [0.15, 0.2) is 17.9 Å². The van der Waals surface area contributed by atoms with E-state index in [-0.39, 0.29) is 21.8 Å². The molecule has 7 heteroatoms. The third-order valence-corrected chi connectivity index (χ3v) is 2.94. The lowest BCUT2D eigenvalue weighted by atomic mass is 10.2. The van der Waals surface area contributed by atoms with Gasteiger partial charge < -0.3 is 0 Å². The maximum atomic E-state index is 13.2. The Morgan fingerprint density at radius 2 is 1.86 bits per heavy atom. The number of aromatic nitrogens is 2. The summed E-state index contributed by atoms with van der Waals surface area (Å²) < 4.78 is 33.7. The lowest BCUT2D eigenvalue weighted by molar-refractivity contribution is 0.112. The first-order valence-corrected chi connectivity index (χ1v) is 4.93. The zero-order chi connectivity index (χ0) is 10.3. The van der Waals surface area contributed by atoms with Crippen LogP contribution in [0.4, 0.5) is 8.78 Å². The molecule has 0 aliphatic carbocycles. The van der Waals surface area contributed by atoms with Crippen LogP contribution in [0.25, 0.3) is 11.0 Å². The highest BCUT2D eigenvalue weighted by molar-refractivity contribution is 9.10. The van der Waals surface area contributed by atoms with Crippen molar-refractivity contribution in [2.75, 3.05) is 0 Å². The molecule has 0 unspecified atom stereocenters. The summed E-state index contributed by atoms with van der Waals surface area (Å²) >= 11 is 3.64. The minimum atomic E-state index is -1.20. The Morgan fingerprint density at radius 1 is 1.21 bits per heavy atom. The first-order valence-electron chi connectivity index (χ1n) is 3.40. The zero-order valence-corrected chi connectivity index (χ0v) is 8.82. The number of carbonyl (C=O) groups is 1. The van der Waals surface area contributed by atoms with E-state index in [1.807, 2.05) is 0 Å². The fourth-order valence-corrected chi connectivity index (χ4v) is 2.17. The Morgan fingerprint density at radius 3 is 2.50 bits per heavy atom. The number of fused-ring (bicyclic) bond motifs is 1. The van der Waals surface area contributed by atoms with Crippen LogP contribution in [0.3, 0.4) is 0 Å².